The Hall–Kier alpha value is -1.55. The quantitative estimate of drug-likeness (QED) is 0.785. The molecule has 0 aromatic heterocycles. The van der Waals surface area contributed by atoms with Gasteiger partial charge in [-0.3, -0.25) is 4.79 Å². The van der Waals surface area contributed by atoms with Crippen molar-refractivity contribution < 1.29 is 14.3 Å². The summed E-state index contributed by atoms with van der Waals surface area (Å²) in [6, 6.07) is 6.12. The van der Waals surface area contributed by atoms with Crippen LogP contribution in [-0.2, 0) is 9.53 Å². The van der Waals surface area contributed by atoms with Crippen LogP contribution in [0.5, 0.6) is 5.75 Å². The van der Waals surface area contributed by atoms with Crippen LogP contribution in [0, 0.1) is 13.8 Å². The van der Waals surface area contributed by atoms with Gasteiger partial charge in [-0.2, -0.15) is 0 Å². The minimum Gasteiger partial charge on any atom is -0.490 e. The number of hydrogen-bond acceptors (Lipinski definition) is 4. The molecule has 0 aliphatic carbocycles. The van der Waals surface area contributed by atoms with Gasteiger partial charge in [0.25, 0.3) is 0 Å². The van der Waals surface area contributed by atoms with E-state index in [0.717, 1.165) is 16.9 Å². The van der Waals surface area contributed by atoms with Crippen LogP contribution in [-0.4, -0.2) is 31.3 Å². The molecule has 0 heterocycles. The van der Waals surface area contributed by atoms with E-state index in [1.54, 1.807) is 0 Å². The number of methoxy groups -OCH3 is 1. The molecule has 1 aromatic rings. The molecule has 0 aliphatic rings. The standard InChI is InChI=1S/C17H27NO3/c1-7-18-17(5,16(19)20-6)11-14(4)21-15-10-12(2)8-9-13(15)3/h8-10,14,18H,7,11H2,1-6H3. The lowest BCUT2D eigenvalue weighted by Crippen LogP contribution is -2.52. The summed E-state index contributed by atoms with van der Waals surface area (Å²) in [5.74, 6) is 0.604. The van der Waals surface area contributed by atoms with E-state index in [9.17, 15) is 4.79 Å². The van der Waals surface area contributed by atoms with Gasteiger partial charge in [-0.05, 0) is 51.4 Å². The lowest BCUT2D eigenvalue weighted by molar-refractivity contribution is -0.149. The minimum absolute atomic E-state index is 0.103. The molecular weight excluding hydrogens is 266 g/mol. The molecule has 0 fully saturated rings. The number of ether oxygens (including phenoxy) is 2. The van der Waals surface area contributed by atoms with Gasteiger partial charge in [0.2, 0.25) is 0 Å². The van der Waals surface area contributed by atoms with Gasteiger partial charge >= 0.3 is 5.97 Å². The number of nitrogens with one attached hydrogen (secondary N) is 1. The van der Waals surface area contributed by atoms with E-state index in [1.807, 2.05) is 46.8 Å². The molecule has 2 atom stereocenters. The van der Waals surface area contributed by atoms with Gasteiger partial charge in [-0.1, -0.05) is 19.1 Å². The first-order chi connectivity index (χ1) is 9.82. The molecule has 118 valence electrons. The van der Waals surface area contributed by atoms with Crippen molar-refractivity contribution in [2.45, 2.75) is 52.7 Å². The van der Waals surface area contributed by atoms with E-state index in [0.29, 0.717) is 13.0 Å². The van der Waals surface area contributed by atoms with E-state index in [-0.39, 0.29) is 12.1 Å². The number of esters is 1. The lowest BCUT2D eigenvalue weighted by atomic mass is 9.94. The van der Waals surface area contributed by atoms with Crippen LogP contribution in [0.2, 0.25) is 0 Å². The summed E-state index contributed by atoms with van der Waals surface area (Å²) in [6.07, 6.45) is 0.439. The Morgan fingerprint density at radius 1 is 1.38 bits per heavy atom. The molecule has 1 rings (SSSR count). The van der Waals surface area contributed by atoms with E-state index in [2.05, 4.69) is 11.4 Å². The summed E-state index contributed by atoms with van der Waals surface area (Å²) < 4.78 is 10.9. The van der Waals surface area contributed by atoms with Gasteiger partial charge in [-0.15, -0.1) is 0 Å². The first kappa shape index (κ1) is 17.5. The first-order valence-electron chi connectivity index (χ1n) is 7.39. The highest BCUT2D eigenvalue weighted by Crippen LogP contribution is 2.23. The van der Waals surface area contributed by atoms with Crippen LogP contribution < -0.4 is 10.1 Å². The van der Waals surface area contributed by atoms with Crippen molar-refractivity contribution >= 4 is 5.97 Å². The predicted octanol–water partition coefficient (Wildman–Crippen LogP) is 3.00. The van der Waals surface area contributed by atoms with Gasteiger partial charge in [0, 0.05) is 6.42 Å². The molecule has 0 amide bonds. The van der Waals surface area contributed by atoms with Gasteiger partial charge in [-0.25, -0.2) is 0 Å². The highest BCUT2D eigenvalue weighted by Gasteiger charge is 2.35. The lowest BCUT2D eigenvalue weighted by Gasteiger charge is -2.30. The molecule has 0 aliphatic heterocycles. The largest absolute Gasteiger partial charge is 0.490 e. The van der Waals surface area contributed by atoms with Crippen LogP contribution >= 0.6 is 0 Å². The summed E-state index contributed by atoms with van der Waals surface area (Å²) in [6.45, 7) is 10.5. The van der Waals surface area contributed by atoms with Crippen LogP contribution in [0.4, 0.5) is 0 Å². The predicted molar refractivity (Wildman–Crippen MR) is 84.7 cm³/mol. The molecule has 4 nitrogen and oxygen atoms in total. The fourth-order valence-electron chi connectivity index (χ4n) is 2.51. The normalized spacial score (nSPS) is 15.1. The Bertz CT molecular complexity index is 487. The molecule has 2 unspecified atom stereocenters. The average molecular weight is 293 g/mol. The molecule has 1 aromatic carbocycles. The highest BCUT2D eigenvalue weighted by molar-refractivity contribution is 5.80. The highest BCUT2D eigenvalue weighted by atomic mass is 16.5. The van der Waals surface area contributed by atoms with Crippen molar-refractivity contribution in [3.63, 3.8) is 0 Å². The Kier molecular flexibility index (Phi) is 6.21. The van der Waals surface area contributed by atoms with Crippen LogP contribution in [0.1, 0.15) is 38.3 Å². The van der Waals surface area contributed by atoms with Crippen molar-refractivity contribution in [2.24, 2.45) is 0 Å². The first-order valence-corrected chi connectivity index (χ1v) is 7.39. The minimum atomic E-state index is -0.735. The van der Waals surface area contributed by atoms with E-state index < -0.39 is 5.54 Å². The number of aryl methyl sites for hydroxylation is 2. The van der Waals surface area contributed by atoms with E-state index in [1.165, 1.54) is 7.11 Å². The molecule has 0 bridgehead atoms. The molecule has 0 saturated heterocycles. The molecule has 0 saturated carbocycles. The zero-order valence-electron chi connectivity index (χ0n) is 13.9. The maximum absolute atomic E-state index is 12.0. The van der Waals surface area contributed by atoms with Gasteiger partial charge in [0.05, 0.1) is 13.2 Å². The van der Waals surface area contributed by atoms with Crippen molar-refractivity contribution in [1.29, 1.82) is 0 Å². The number of rotatable bonds is 7. The van der Waals surface area contributed by atoms with Gasteiger partial charge < -0.3 is 14.8 Å². The third kappa shape index (κ3) is 4.74. The zero-order valence-corrected chi connectivity index (χ0v) is 13.9. The average Bonchev–Trinajstić information content (AvgIpc) is 2.42. The third-order valence-electron chi connectivity index (χ3n) is 3.57. The summed E-state index contributed by atoms with van der Waals surface area (Å²) in [5, 5.41) is 3.20. The van der Waals surface area contributed by atoms with E-state index in [4.69, 9.17) is 9.47 Å². The molecule has 21 heavy (non-hydrogen) atoms. The molecule has 1 N–H and O–H groups in total. The van der Waals surface area contributed by atoms with Gasteiger partial charge in [0.1, 0.15) is 11.3 Å². The SMILES string of the molecule is CCNC(C)(CC(C)Oc1cc(C)ccc1C)C(=O)OC. The number of likely N-dealkylation sites (N-methyl/N-ethyl adjacent to an activating group) is 1. The summed E-state index contributed by atoms with van der Waals surface area (Å²) in [4.78, 5) is 12.0. The second-order valence-corrected chi connectivity index (χ2v) is 5.76. The topological polar surface area (TPSA) is 47.6 Å². The van der Waals surface area contributed by atoms with Crippen LogP contribution in [0.3, 0.4) is 0 Å². The summed E-state index contributed by atoms with van der Waals surface area (Å²) >= 11 is 0. The summed E-state index contributed by atoms with van der Waals surface area (Å²) in [5.41, 5.74) is 1.52. The Balaban J connectivity index is 2.80. The second-order valence-electron chi connectivity index (χ2n) is 5.76. The number of hydrogen-bond donors (Lipinski definition) is 1. The van der Waals surface area contributed by atoms with Crippen molar-refractivity contribution in [2.75, 3.05) is 13.7 Å². The Morgan fingerprint density at radius 3 is 2.62 bits per heavy atom. The number of carbonyl (C=O) groups is 1. The molecule has 4 heteroatoms. The smallest absolute Gasteiger partial charge is 0.325 e. The third-order valence-corrected chi connectivity index (χ3v) is 3.57. The van der Waals surface area contributed by atoms with E-state index >= 15 is 0 Å². The van der Waals surface area contributed by atoms with Crippen LogP contribution in [0.15, 0.2) is 18.2 Å². The Labute approximate surface area is 127 Å². The molecular formula is C17H27NO3. The zero-order chi connectivity index (χ0) is 16.0. The second kappa shape index (κ2) is 7.46. The van der Waals surface area contributed by atoms with Crippen molar-refractivity contribution in [3.8, 4) is 5.75 Å². The van der Waals surface area contributed by atoms with Crippen molar-refractivity contribution in [3.05, 3.63) is 29.3 Å². The fraction of sp³-hybridized carbons (Fsp3) is 0.588. The monoisotopic (exact) mass is 293 g/mol. The number of benzene rings is 1. The van der Waals surface area contributed by atoms with Crippen LogP contribution in [0.25, 0.3) is 0 Å². The maximum Gasteiger partial charge on any atom is 0.325 e. The number of carbonyl (C=O) groups excluding carboxylic acids is 1. The molecule has 0 radical (unpaired) electrons. The molecule has 0 spiro atoms. The summed E-state index contributed by atoms with van der Waals surface area (Å²) in [7, 11) is 1.41. The van der Waals surface area contributed by atoms with Crippen molar-refractivity contribution in [1.82, 2.24) is 5.32 Å². The van der Waals surface area contributed by atoms with Gasteiger partial charge in [0.15, 0.2) is 0 Å². The Morgan fingerprint density at radius 2 is 2.05 bits per heavy atom. The fourth-order valence-corrected chi connectivity index (χ4v) is 2.51. The maximum atomic E-state index is 12.0.